The highest BCUT2D eigenvalue weighted by atomic mass is 16.3. The zero-order valence-corrected chi connectivity index (χ0v) is 16.4. The molecule has 1 amide bonds. The van der Waals surface area contributed by atoms with E-state index in [2.05, 4.69) is 10.1 Å². The molecule has 150 valence electrons. The maximum Gasteiger partial charge on any atom is 0.274 e. The first-order chi connectivity index (χ1) is 14.0. The van der Waals surface area contributed by atoms with Gasteiger partial charge in [-0.1, -0.05) is 24.3 Å². The number of carbonyl (C=O) groups excluding carboxylic acids is 1. The molecule has 1 aliphatic rings. The maximum absolute atomic E-state index is 12.9. The third-order valence-electron chi connectivity index (χ3n) is 5.65. The van der Waals surface area contributed by atoms with Crippen LogP contribution in [0.2, 0.25) is 0 Å². The number of nitrogens with zero attached hydrogens (tertiary/aromatic N) is 4. The second-order valence-corrected chi connectivity index (χ2v) is 7.42. The van der Waals surface area contributed by atoms with Crippen molar-refractivity contribution in [3.8, 4) is 0 Å². The van der Waals surface area contributed by atoms with Gasteiger partial charge in [0.05, 0.1) is 23.2 Å². The molecule has 1 saturated heterocycles. The summed E-state index contributed by atoms with van der Waals surface area (Å²) in [6.45, 7) is 3.22. The minimum Gasteiger partial charge on any atom is -0.383 e. The summed E-state index contributed by atoms with van der Waals surface area (Å²) in [6.07, 6.45) is 2.68. The fraction of sp³-hybridized carbons (Fsp3) is 0.364. The van der Waals surface area contributed by atoms with E-state index in [1.807, 2.05) is 43.3 Å². The van der Waals surface area contributed by atoms with Crippen LogP contribution in [0.4, 0.5) is 0 Å². The van der Waals surface area contributed by atoms with Crippen molar-refractivity contribution in [2.45, 2.75) is 38.3 Å². The molecule has 3 heterocycles. The molecule has 0 atom stereocenters. The quantitative estimate of drug-likeness (QED) is 0.732. The SMILES string of the molecule is CCn1nc(CC(=O)N2CCC(O)(c3ccccn3)CC2)c2ccccc2c1=O. The largest absolute Gasteiger partial charge is 0.383 e. The zero-order chi connectivity index (χ0) is 20.4. The summed E-state index contributed by atoms with van der Waals surface area (Å²) in [5, 5.41) is 16.6. The van der Waals surface area contributed by atoms with E-state index in [0.29, 0.717) is 49.2 Å². The summed E-state index contributed by atoms with van der Waals surface area (Å²) < 4.78 is 1.40. The van der Waals surface area contributed by atoms with Crippen molar-refractivity contribution in [3.63, 3.8) is 0 Å². The Morgan fingerprint density at radius 3 is 2.45 bits per heavy atom. The standard InChI is InChI=1S/C22H24N4O3/c1-2-26-21(28)17-8-4-3-7-16(17)18(24-26)15-20(27)25-13-10-22(29,11-14-25)19-9-5-6-12-23-19/h3-9,12,29H,2,10-11,13-15H2,1H3. The summed E-state index contributed by atoms with van der Waals surface area (Å²) in [7, 11) is 0. The number of aryl methyl sites for hydroxylation is 1. The first kappa shape index (κ1) is 19.3. The Balaban J connectivity index is 1.53. The summed E-state index contributed by atoms with van der Waals surface area (Å²) >= 11 is 0. The van der Waals surface area contributed by atoms with E-state index in [4.69, 9.17) is 0 Å². The lowest BCUT2D eigenvalue weighted by Gasteiger charge is -2.37. The van der Waals surface area contributed by atoms with Crippen LogP contribution in [0.1, 0.15) is 31.2 Å². The van der Waals surface area contributed by atoms with Gasteiger partial charge in [0.1, 0.15) is 5.60 Å². The van der Waals surface area contributed by atoms with Crippen LogP contribution < -0.4 is 5.56 Å². The normalized spacial score (nSPS) is 16.1. The van der Waals surface area contributed by atoms with E-state index in [1.54, 1.807) is 17.2 Å². The van der Waals surface area contributed by atoms with Gasteiger partial charge in [-0.05, 0) is 38.0 Å². The van der Waals surface area contributed by atoms with Gasteiger partial charge in [0, 0.05) is 31.2 Å². The number of pyridine rings is 1. The molecule has 0 radical (unpaired) electrons. The molecule has 4 rings (SSSR count). The molecule has 7 nitrogen and oxygen atoms in total. The highest BCUT2D eigenvalue weighted by Gasteiger charge is 2.36. The second kappa shape index (κ2) is 7.75. The highest BCUT2D eigenvalue weighted by molar-refractivity contribution is 5.88. The Morgan fingerprint density at radius 2 is 1.79 bits per heavy atom. The minimum atomic E-state index is -1.00. The van der Waals surface area contributed by atoms with Crippen molar-refractivity contribution < 1.29 is 9.90 Å². The molecule has 3 aromatic rings. The lowest BCUT2D eigenvalue weighted by atomic mass is 9.87. The van der Waals surface area contributed by atoms with Crippen molar-refractivity contribution in [1.82, 2.24) is 19.7 Å². The number of hydrogen-bond donors (Lipinski definition) is 1. The molecule has 0 aliphatic carbocycles. The average molecular weight is 392 g/mol. The number of piperidine rings is 1. The number of hydrogen-bond acceptors (Lipinski definition) is 5. The van der Waals surface area contributed by atoms with Crippen molar-refractivity contribution in [1.29, 1.82) is 0 Å². The van der Waals surface area contributed by atoms with Gasteiger partial charge in [-0.25, -0.2) is 4.68 Å². The van der Waals surface area contributed by atoms with Gasteiger partial charge in [0.25, 0.3) is 5.56 Å². The second-order valence-electron chi connectivity index (χ2n) is 7.42. The molecule has 0 unspecified atom stereocenters. The minimum absolute atomic E-state index is 0.0491. The third-order valence-corrected chi connectivity index (χ3v) is 5.65. The van der Waals surface area contributed by atoms with Gasteiger partial charge in [-0.3, -0.25) is 14.6 Å². The maximum atomic E-state index is 12.9. The third kappa shape index (κ3) is 3.65. The Labute approximate surface area is 168 Å². The monoisotopic (exact) mass is 392 g/mol. The molecule has 1 aromatic carbocycles. The van der Waals surface area contributed by atoms with Crippen LogP contribution in [-0.2, 0) is 23.4 Å². The predicted molar refractivity (Wildman–Crippen MR) is 109 cm³/mol. The van der Waals surface area contributed by atoms with E-state index < -0.39 is 5.60 Å². The van der Waals surface area contributed by atoms with Crippen LogP contribution in [0.3, 0.4) is 0 Å². The van der Waals surface area contributed by atoms with Crippen molar-refractivity contribution in [2.24, 2.45) is 0 Å². The van der Waals surface area contributed by atoms with E-state index >= 15 is 0 Å². The summed E-state index contributed by atoms with van der Waals surface area (Å²) in [4.78, 5) is 31.5. The Bertz CT molecular complexity index is 1090. The highest BCUT2D eigenvalue weighted by Crippen LogP contribution is 2.31. The number of aromatic nitrogens is 3. The molecule has 1 fully saturated rings. The lowest BCUT2D eigenvalue weighted by molar-refractivity contribution is -0.135. The number of benzene rings is 1. The first-order valence-corrected chi connectivity index (χ1v) is 9.92. The van der Waals surface area contributed by atoms with E-state index in [0.717, 1.165) is 5.39 Å². The average Bonchev–Trinajstić information content (AvgIpc) is 2.77. The number of carbonyl (C=O) groups is 1. The van der Waals surface area contributed by atoms with Gasteiger partial charge in [0.2, 0.25) is 5.91 Å². The van der Waals surface area contributed by atoms with E-state index in [9.17, 15) is 14.7 Å². The molecular weight excluding hydrogens is 368 g/mol. The van der Waals surface area contributed by atoms with Crippen LogP contribution in [0.15, 0.2) is 53.5 Å². The molecule has 29 heavy (non-hydrogen) atoms. The Hall–Kier alpha value is -3.06. The molecular formula is C22H24N4O3. The lowest BCUT2D eigenvalue weighted by Crippen LogP contribution is -2.46. The van der Waals surface area contributed by atoms with Gasteiger partial charge >= 0.3 is 0 Å². The van der Waals surface area contributed by atoms with Crippen molar-refractivity contribution in [3.05, 3.63) is 70.4 Å². The molecule has 0 saturated carbocycles. The van der Waals surface area contributed by atoms with E-state index in [-0.39, 0.29) is 17.9 Å². The van der Waals surface area contributed by atoms with Crippen LogP contribution >= 0.6 is 0 Å². The molecule has 1 N–H and O–H groups in total. The topological polar surface area (TPSA) is 88.3 Å². The van der Waals surface area contributed by atoms with Gasteiger partial charge in [-0.15, -0.1) is 0 Å². The fourth-order valence-electron chi connectivity index (χ4n) is 3.93. The van der Waals surface area contributed by atoms with Gasteiger partial charge in [-0.2, -0.15) is 5.10 Å². The molecule has 7 heteroatoms. The predicted octanol–water partition coefficient (Wildman–Crippen LogP) is 1.86. The number of likely N-dealkylation sites (tertiary alicyclic amines) is 1. The van der Waals surface area contributed by atoms with Crippen molar-refractivity contribution in [2.75, 3.05) is 13.1 Å². The van der Waals surface area contributed by atoms with Crippen molar-refractivity contribution >= 4 is 16.7 Å². The first-order valence-electron chi connectivity index (χ1n) is 9.92. The van der Waals surface area contributed by atoms with Crippen LogP contribution in [0, 0.1) is 0 Å². The Morgan fingerprint density at radius 1 is 1.10 bits per heavy atom. The summed E-state index contributed by atoms with van der Waals surface area (Å²) in [5.41, 5.74) is 0.114. The summed E-state index contributed by atoms with van der Waals surface area (Å²) in [5.74, 6) is -0.0491. The number of fused-ring (bicyclic) bond motifs is 1. The van der Waals surface area contributed by atoms with Crippen LogP contribution in [0.5, 0.6) is 0 Å². The number of aliphatic hydroxyl groups is 1. The number of amides is 1. The fourth-order valence-corrected chi connectivity index (χ4v) is 3.93. The van der Waals surface area contributed by atoms with Crippen LogP contribution in [0.25, 0.3) is 10.8 Å². The Kier molecular flexibility index (Phi) is 5.15. The zero-order valence-electron chi connectivity index (χ0n) is 16.4. The number of rotatable bonds is 4. The molecule has 2 aromatic heterocycles. The molecule has 0 bridgehead atoms. The van der Waals surface area contributed by atoms with E-state index in [1.165, 1.54) is 4.68 Å². The molecule has 1 aliphatic heterocycles. The van der Waals surface area contributed by atoms with Gasteiger partial charge < -0.3 is 10.0 Å². The van der Waals surface area contributed by atoms with Crippen LogP contribution in [-0.4, -0.2) is 43.8 Å². The molecule has 0 spiro atoms. The summed E-state index contributed by atoms with van der Waals surface area (Å²) in [6, 6.07) is 12.8. The van der Waals surface area contributed by atoms with Gasteiger partial charge in [0.15, 0.2) is 0 Å². The smallest absolute Gasteiger partial charge is 0.274 e.